The van der Waals surface area contributed by atoms with E-state index >= 15 is 0 Å². The molecule has 29 heavy (non-hydrogen) atoms. The Kier molecular flexibility index (Phi) is 42.8. The van der Waals surface area contributed by atoms with Gasteiger partial charge in [0.05, 0.1) is 74.4 Å². The molecular weight excluding hydrogens is 366 g/mol. The zero-order valence-corrected chi connectivity index (χ0v) is 22.2. The van der Waals surface area contributed by atoms with E-state index in [1.807, 2.05) is 0 Å². The number of quaternary nitrogens is 5. The van der Waals surface area contributed by atoms with E-state index in [2.05, 4.69) is 86.8 Å². The van der Waals surface area contributed by atoms with Gasteiger partial charge in [0.25, 0.3) is 0 Å². The molecule has 7 nitrogen and oxygen atoms in total. The van der Waals surface area contributed by atoms with Crippen LogP contribution in [0.5, 0.6) is 0 Å². The molecule has 0 rings (SSSR count). The number of carboxylic acids is 1. The molecule has 7 heteroatoms. The Labute approximate surface area is 183 Å². The molecule has 0 aliphatic rings. The molecule has 0 saturated heterocycles. The number of nitrogens with two attached hydrogens (primary N) is 1. The van der Waals surface area contributed by atoms with Crippen LogP contribution in [0.4, 0.5) is 0 Å². The first-order valence-corrected chi connectivity index (χ1v) is 11.5. The smallest absolute Gasteiger partial charge is 0.124 e. The summed E-state index contributed by atoms with van der Waals surface area (Å²) in [6, 6.07) is -0.542. The first-order chi connectivity index (χ1) is 13.3. The summed E-state index contributed by atoms with van der Waals surface area (Å²) in [6.45, 7) is 15.4. The van der Waals surface area contributed by atoms with E-state index in [1.54, 1.807) is 6.92 Å². The van der Waals surface area contributed by atoms with Crippen LogP contribution in [0, 0.1) is 0 Å². The Morgan fingerprint density at radius 1 is 1.00 bits per heavy atom. The lowest BCUT2D eigenvalue weighted by Crippen LogP contribution is -3.05. The van der Waals surface area contributed by atoms with Gasteiger partial charge in [-0.3, -0.25) is 0 Å². The van der Waals surface area contributed by atoms with Crippen molar-refractivity contribution in [3.05, 3.63) is 0 Å². The summed E-state index contributed by atoms with van der Waals surface area (Å²) in [7, 11) is 13.1. The number of carbonyl (C=O) groups is 1. The predicted molar refractivity (Wildman–Crippen MR) is 124 cm³/mol. The first kappa shape index (κ1) is 38.8. The number of rotatable bonds is 9. The van der Waals surface area contributed by atoms with Crippen molar-refractivity contribution < 1.29 is 36.1 Å². The summed E-state index contributed by atoms with van der Waals surface area (Å²) < 4.78 is 1.09. The second-order valence-corrected chi connectivity index (χ2v) is 8.45. The van der Waals surface area contributed by atoms with Crippen molar-refractivity contribution >= 4 is 5.97 Å². The number of carboxylic acid groups (broad SMARTS) is 1. The number of aliphatic carboxylic acids is 1. The molecule has 0 saturated carbocycles. The summed E-state index contributed by atoms with van der Waals surface area (Å²) in [6.07, 6.45) is 5.62. The van der Waals surface area contributed by atoms with E-state index < -0.39 is 12.0 Å². The van der Waals surface area contributed by atoms with Crippen molar-refractivity contribution in [2.45, 2.75) is 72.8 Å². The molecule has 1 atom stereocenters. The third-order valence-corrected chi connectivity index (χ3v) is 3.40. The fourth-order valence-corrected chi connectivity index (χ4v) is 1.63. The van der Waals surface area contributed by atoms with E-state index in [4.69, 9.17) is 0 Å². The maximum absolute atomic E-state index is 9.76. The van der Waals surface area contributed by atoms with Crippen LogP contribution in [0.25, 0.3) is 0 Å². The van der Waals surface area contributed by atoms with E-state index in [0.29, 0.717) is 6.42 Å². The van der Waals surface area contributed by atoms with Crippen molar-refractivity contribution in [2.24, 2.45) is 0 Å². The average molecular weight is 428 g/mol. The predicted octanol–water partition coefficient (Wildman–Crippen LogP) is -2.37. The molecule has 0 fully saturated rings. The van der Waals surface area contributed by atoms with Gasteiger partial charge in [0.15, 0.2) is 0 Å². The molecule has 0 amide bonds. The quantitative estimate of drug-likeness (QED) is 0.308. The third-order valence-electron chi connectivity index (χ3n) is 3.40. The monoisotopic (exact) mass is 427 g/mol. The van der Waals surface area contributed by atoms with Crippen LogP contribution in [0.2, 0.25) is 0 Å². The molecule has 0 aromatic heterocycles. The maximum Gasteiger partial charge on any atom is 0.124 e. The normalized spacial score (nSPS) is 10.7. The van der Waals surface area contributed by atoms with Crippen LogP contribution < -0.4 is 26.8 Å². The van der Waals surface area contributed by atoms with E-state index in [9.17, 15) is 9.90 Å². The van der Waals surface area contributed by atoms with Gasteiger partial charge in [-0.05, 0) is 25.7 Å². The van der Waals surface area contributed by atoms with E-state index in [1.165, 1.54) is 50.2 Å². The van der Waals surface area contributed by atoms with Crippen molar-refractivity contribution in [1.82, 2.24) is 0 Å². The summed E-state index contributed by atoms with van der Waals surface area (Å²) in [5.74, 6) is -1.07. The Bertz CT molecular complexity index is 279. The van der Waals surface area contributed by atoms with Crippen molar-refractivity contribution in [3.63, 3.8) is 0 Å². The highest BCUT2D eigenvalue weighted by Gasteiger charge is 2.01. The largest absolute Gasteiger partial charge is 0.544 e. The van der Waals surface area contributed by atoms with Crippen LogP contribution in [0.1, 0.15) is 66.7 Å². The Hall–Kier alpha value is -0.730. The molecule has 0 aromatic rings. The van der Waals surface area contributed by atoms with Gasteiger partial charge in [0.2, 0.25) is 0 Å². The fourth-order valence-electron chi connectivity index (χ4n) is 1.63. The highest BCUT2D eigenvalue weighted by atomic mass is 16.4. The number of hydrogen-bond donors (Lipinski definition) is 4. The number of hydrogen-bond acceptors (Lipinski definition) is 2. The molecular formula is C22H61N5O2+4. The SMILES string of the molecule is CCC[N+](C)(C)C.CCC[NH+](C)C.CCC[NH2+]C.CCC[NH3+].CC[C@H]([NH3+])C(=O)[O-]. The average Bonchev–Trinajstić information content (AvgIpc) is 2.62. The highest BCUT2D eigenvalue weighted by Crippen LogP contribution is 1.90. The Morgan fingerprint density at radius 2 is 1.45 bits per heavy atom. The lowest BCUT2D eigenvalue weighted by molar-refractivity contribution is -0.870. The minimum Gasteiger partial charge on any atom is -0.544 e. The van der Waals surface area contributed by atoms with Crippen LogP contribution in [0.15, 0.2) is 0 Å². The van der Waals surface area contributed by atoms with Crippen molar-refractivity contribution in [1.29, 1.82) is 0 Å². The maximum atomic E-state index is 9.76. The highest BCUT2D eigenvalue weighted by molar-refractivity contribution is 5.68. The van der Waals surface area contributed by atoms with Crippen molar-refractivity contribution in [3.8, 4) is 0 Å². The molecule has 0 unspecified atom stereocenters. The first-order valence-electron chi connectivity index (χ1n) is 11.5. The molecule has 182 valence electrons. The van der Waals surface area contributed by atoms with Gasteiger partial charge in [0, 0.05) is 6.42 Å². The molecule has 0 aliphatic heterocycles. The Morgan fingerprint density at radius 3 is 1.45 bits per heavy atom. The van der Waals surface area contributed by atoms with Crippen LogP contribution in [-0.4, -0.2) is 85.0 Å². The molecule has 0 bridgehead atoms. The second-order valence-electron chi connectivity index (χ2n) is 8.45. The standard InChI is InChI=1S/C6H16N.C5H13N.C4H9NO2.C4H11N.C3H9N/c1-5-6-7(2,3)4;1-4-5-6(2)3;1-2-3(5)4(6)7;1-3-4-5-2;1-2-3-4/h5-6H2,1-4H3;4-5H2,1-3H3;3H,2,5H2,1H3,(H,6,7);5H,3-4H2,1-2H3;2-4H2,1H3/q+1;;;;/p+3/t;;3-;;/m..0../s1. The molecule has 0 radical (unpaired) electrons. The van der Waals surface area contributed by atoms with Gasteiger partial charge in [-0.15, -0.1) is 0 Å². The van der Waals surface area contributed by atoms with E-state index in [0.717, 1.165) is 11.0 Å². The lowest BCUT2D eigenvalue weighted by atomic mass is 10.2. The minimum absolute atomic E-state index is 0.542. The number of nitrogens with one attached hydrogen (secondary N) is 1. The molecule has 0 spiro atoms. The molecule has 0 heterocycles. The Balaban J connectivity index is -0.0000000840. The van der Waals surface area contributed by atoms with Crippen molar-refractivity contribution in [2.75, 3.05) is 68.5 Å². The van der Waals surface area contributed by atoms with Crippen LogP contribution in [-0.2, 0) is 4.79 Å². The summed E-state index contributed by atoms with van der Waals surface area (Å²) in [5, 5.41) is 11.9. The summed E-state index contributed by atoms with van der Waals surface area (Å²) in [5.41, 5.74) is 6.90. The fraction of sp³-hybridized carbons (Fsp3) is 0.955. The minimum atomic E-state index is -1.07. The summed E-state index contributed by atoms with van der Waals surface area (Å²) in [4.78, 5) is 11.3. The van der Waals surface area contributed by atoms with Gasteiger partial charge < -0.3 is 36.1 Å². The summed E-state index contributed by atoms with van der Waals surface area (Å²) >= 11 is 0. The zero-order valence-electron chi connectivity index (χ0n) is 22.2. The third kappa shape index (κ3) is 74.7. The lowest BCUT2D eigenvalue weighted by Gasteiger charge is -2.22. The van der Waals surface area contributed by atoms with E-state index in [-0.39, 0.29) is 0 Å². The number of carbonyl (C=O) groups excluding carboxylic acids is 1. The van der Waals surface area contributed by atoms with Gasteiger partial charge in [-0.1, -0.05) is 34.6 Å². The van der Waals surface area contributed by atoms with Crippen LogP contribution >= 0.6 is 0 Å². The topological polar surface area (TPSA) is 116 Å². The van der Waals surface area contributed by atoms with Crippen LogP contribution in [0.3, 0.4) is 0 Å². The molecule has 0 aliphatic carbocycles. The van der Waals surface area contributed by atoms with Gasteiger partial charge in [0.1, 0.15) is 6.04 Å². The molecule has 9 N–H and O–H groups in total. The van der Waals surface area contributed by atoms with Gasteiger partial charge in [-0.25, -0.2) is 0 Å². The molecule has 0 aromatic carbocycles. The zero-order chi connectivity index (χ0) is 24.3. The number of nitrogens with zero attached hydrogens (tertiary/aromatic N) is 1. The van der Waals surface area contributed by atoms with Gasteiger partial charge >= 0.3 is 0 Å². The second kappa shape index (κ2) is 31.9. The van der Waals surface area contributed by atoms with Gasteiger partial charge in [-0.2, -0.15) is 0 Å².